The molecule has 0 amide bonds. The summed E-state index contributed by atoms with van der Waals surface area (Å²) in [5, 5.41) is 15.1. The first-order valence-electron chi connectivity index (χ1n) is 5.40. The molecule has 5 heteroatoms. The summed E-state index contributed by atoms with van der Waals surface area (Å²) in [6, 6.07) is 3.75. The average molecular weight is 219 g/mol. The maximum absolute atomic E-state index is 11.5. The van der Waals surface area contributed by atoms with Crippen LogP contribution < -0.4 is 0 Å². The van der Waals surface area contributed by atoms with Gasteiger partial charge in [0, 0.05) is 18.0 Å². The smallest absolute Gasteiger partial charge is 0.358 e. The molecule has 1 heterocycles. The number of carbonyl (C=O) groups is 1. The van der Waals surface area contributed by atoms with Crippen LogP contribution in [0.15, 0.2) is 6.07 Å². The van der Waals surface area contributed by atoms with Crippen LogP contribution in [0.2, 0.25) is 0 Å². The molecule has 2 rings (SSSR count). The summed E-state index contributed by atoms with van der Waals surface area (Å²) in [5.41, 5.74) is 1.35. The highest BCUT2D eigenvalue weighted by atomic mass is 16.5. The minimum absolute atomic E-state index is 0.276. The Hall–Kier alpha value is -1.83. The molecular weight excluding hydrogens is 206 g/mol. The van der Waals surface area contributed by atoms with E-state index in [1.165, 1.54) is 12.8 Å². The van der Waals surface area contributed by atoms with E-state index >= 15 is 0 Å². The van der Waals surface area contributed by atoms with E-state index in [0.29, 0.717) is 24.5 Å². The van der Waals surface area contributed by atoms with E-state index in [4.69, 9.17) is 10.00 Å². The Labute approximate surface area is 93.4 Å². The number of hydrogen-bond acceptors (Lipinski definition) is 4. The van der Waals surface area contributed by atoms with Gasteiger partial charge in [0.1, 0.15) is 0 Å². The van der Waals surface area contributed by atoms with Crippen molar-refractivity contribution in [3.05, 3.63) is 17.5 Å². The van der Waals surface area contributed by atoms with Gasteiger partial charge in [0.15, 0.2) is 5.69 Å². The topological polar surface area (TPSA) is 78.8 Å². The lowest BCUT2D eigenvalue weighted by Gasteiger charge is -1.99. The van der Waals surface area contributed by atoms with Crippen molar-refractivity contribution in [2.75, 3.05) is 6.61 Å². The van der Waals surface area contributed by atoms with Crippen molar-refractivity contribution in [3.63, 3.8) is 0 Å². The number of nitriles is 1. The molecule has 1 aromatic heterocycles. The predicted molar refractivity (Wildman–Crippen MR) is 55.7 cm³/mol. The zero-order chi connectivity index (χ0) is 11.4. The number of hydrogen-bond donors (Lipinski definition) is 1. The summed E-state index contributed by atoms with van der Waals surface area (Å²) in [6.45, 7) is 0.276. The van der Waals surface area contributed by atoms with Gasteiger partial charge in [0.05, 0.1) is 12.7 Å². The van der Waals surface area contributed by atoms with Gasteiger partial charge in [-0.05, 0) is 25.3 Å². The number of H-pyrrole nitrogens is 1. The highest BCUT2D eigenvalue weighted by molar-refractivity contribution is 5.87. The van der Waals surface area contributed by atoms with Crippen molar-refractivity contribution in [1.29, 1.82) is 5.26 Å². The van der Waals surface area contributed by atoms with Gasteiger partial charge < -0.3 is 4.74 Å². The number of unbranched alkanes of at least 4 members (excludes halogenated alkanes) is 1. The minimum Gasteiger partial charge on any atom is -0.461 e. The van der Waals surface area contributed by atoms with Crippen LogP contribution in [-0.4, -0.2) is 22.8 Å². The molecule has 1 aromatic rings. The zero-order valence-electron chi connectivity index (χ0n) is 8.90. The van der Waals surface area contributed by atoms with Gasteiger partial charge in [-0.2, -0.15) is 10.4 Å². The van der Waals surface area contributed by atoms with Crippen LogP contribution in [0, 0.1) is 11.3 Å². The summed E-state index contributed by atoms with van der Waals surface area (Å²) in [5.74, 6) is 0.133. The first-order valence-corrected chi connectivity index (χ1v) is 5.40. The SMILES string of the molecule is N#CCCCOC(=O)c1cc(C2CC2)[nH]n1. The molecule has 1 aliphatic carbocycles. The Morgan fingerprint density at radius 1 is 1.69 bits per heavy atom. The van der Waals surface area contributed by atoms with Gasteiger partial charge in [-0.15, -0.1) is 0 Å². The fourth-order valence-electron chi connectivity index (χ4n) is 1.43. The van der Waals surface area contributed by atoms with Crippen molar-refractivity contribution < 1.29 is 9.53 Å². The summed E-state index contributed by atoms with van der Waals surface area (Å²) >= 11 is 0. The summed E-state index contributed by atoms with van der Waals surface area (Å²) < 4.78 is 4.97. The monoisotopic (exact) mass is 219 g/mol. The Bertz CT molecular complexity index is 415. The van der Waals surface area contributed by atoms with Crippen molar-refractivity contribution in [1.82, 2.24) is 10.2 Å². The van der Waals surface area contributed by atoms with Gasteiger partial charge >= 0.3 is 5.97 Å². The number of nitrogens with zero attached hydrogens (tertiary/aromatic N) is 2. The number of aromatic nitrogens is 2. The molecular formula is C11H13N3O2. The Kier molecular flexibility index (Phi) is 3.20. The lowest BCUT2D eigenvalue weighted by Crippen LogP contribution is -2.06. The van der Waals surface area contributed by atoms with Crippen LogP contribution in [0.3, 0.4) is 0 Å². The quantitative estimate of drug-likeness (QED) is 0.604. The average Bonchev–Trinajstić information content (AvgIpc) is 3.02. The largest absolute Gasteiger partial charge is 0.461 e. The van der Waals surface area contributed by atoms with Crippen molar-refractivity contribution in [2.24, 2.45) is 0 Å². The van der Waals surface area contributed by atoms with Crippen LogP contribution >= 0.6 is 0 Å². The zero-order valence-corrected chi connectivity index (χ0v) is 8.90. The van der Waals surface area contributed by atoms with Crippen LogP contribution in [0.5, 0.6) is 0 Å². The predicted octanol–water partition coefficient (Wildman–Crippen LogP) is 1.75. The normalized spacial score (nSPS) is 14.4. The first-order chi connectivity index (χ1) is 7.81. The number of nitrogens with one attached hydrogen (secondary N) is 1. The van der Waals surface area contributed by atoms with Crippen LogP contribution in [-0.2, 0) is 4.74 Å². The number of ether oxygens (including phenoxy) is 1. The van der Waals surface area contributed by atoms with Gasteiger partial charge in [0.25, 0.3) is 0 Å². The van der Waals surface area contributed by atoms with Crippen molar-refractivity contribution in [2.45, 2.75) is 31.6 Å². The second-order valence-corrected chi connectivity index (χ2v) is 3.88. The molecule has 16 heavy (non-hydrogen) atoms. The highest BCUT2D eigenvalue weighted by Gasteiger charge is 2.26. The number of esters is 1. The standard InChI is InChI=1S/C11H13N3O2/c12-5-1-2-6-16-11(15)10-7-9(13-14-10)8-3-4-8/h7-8H,1-4,6H2,(H,13,14). The molecule has 0 radical (unpaired) electrons. The van der Waals surface area contributed by atoms with Crippen molar-refractivity contribution in [3.8, 4) is 6.07 Å². The van der Waals surface area contributed by atoms with E-state index in [2.05, 4.69) is 10.2 Å². The van der Waals surface area contributed by atoms with Gasteiger partial charge in [-0.1, -0.05) is 0 Å². The summed E-state index contributed by atoms with van der Waals surface area (Å²) in [4.78, 5) is 11.5. The molecule has 1 fully saturated rings. The number of carbonyl (C=O) groups excluding carboxylic acids is 1. The Morgan fingerprint density at radius 3 is 3.19 bits per heavy atom. The molecule has 0 saturated heterocycles. The van der Waals surface area contributed by atoms with Gasteiger partial charge in [0.2, 0.25) is 0 Å². The number of rotatable bonds is 5. The van der Waals surface area contributed by atoms with E-state index in [9.17, 15) is 4.79 Å². The molecule has 0 spiro atoms. The molecule has 84 valence electrons. The molecule has 5 nitrogen and oxygen atoms in total. The second kappa shape index (κ2) is 4.79. The van der Waals surface area contributed by atoms with E-state index in [-0.39, 0.29) is 6.61 Å². The third-order valence-electron chi connectivity index (χ3n) is 2.49. The summed E-state index contributed by atoms with van der Waals surface area (Å²) in [6.07, 6.45) is 3.31. The second-order valence-electron chi connectivity index (χ2n) is 3.88. The molecule has 0 aliphatic heterocycles. The van der Waals surface area contributed by atoms with Crippen LogP contribution in [0.1, 0.15) is 47.8 Å². The maximum Gasteiger partial charge on any atom is 0.358 e. The maximum atomic E-state index is 11.5. The Balaban J connectivity index is 1.81. The van der Waals surface area contributed by atoms with E-state index in [1.54, 1.807) is 6.07 Å². The minimum atomic E-state index is -0.416. The van der Waals surface area contributed by atoms with E-state index < -0.39 is 5.97 Å². The molecule has 1 saturated carbocycles. The highest BCUT2D eigenvalue weighted by Crippen LogP contribution is 2.38. The third kappa shape index (κ3) is 2.60. The molecule has 1 aliphatic rings. The molecule has 0 aromatic carbocycles. The fourth-order valence-corrected chi connectivity index (χ4v) is 1.43. The van der Waals surface area contributed by atoms with Gasteiger partial charge in [-0.25, -0.2) is 4.79 Å². The lowest BCUT2D eigenvalue weighted by atomic mass is 10.3. The van der Waals surface area contributed by atoms with Crippen LogP contribution in [0.4, 0.5) is 0 Å². The molecule has 1 N–H and O–H groups in total. The fraction of sp³-hybridized carbons (Fsp3) is 0.545. The van der Waals surface area contributed by atoms with Crippen LogP contribution in [0.25, 0.3) is 0 Å². The Morgan fingerprint density at radius 2 is 2.50 bits per heavy atom. The summed E-state index contributed by atoms with van der Waals surface area (Å²) in [7, 11) is 0. The lowest BCUT2D eigenvalue weighted by molar-refractivity contribution is 0.0495. The number of aromatic amines is 1. The molecule has 0 bridgehead atoms. The van der Waals surface area contributed by atoms with E-state index in [1.807, 2.05) is 6.07 Å². The third-order valence-corrected chi connectivity index (χ3v) is 2.49. The molecule has 0 atom stereocenters. The van der Waals surface area contributed by atoms with Gasteiger partial charge in [-0.3, -0.25) is 5.10 Å². The van der Waals surface area contributed by atoms with E-state index in [0.717, 1.165) is 5.69 Å². The molecule has 0 unspecified atom stereocenters. The van der Waals surface area contributed by atoms with Crippen molar-refractivity contribution >= 4 is 5.97 Å². The first kappa shape index (κ1) is 10.7.